The van der Waals surface area contributed by atoms with Gasteiger partial charge in [0.1, 0.15) is 6.17 Å². The molecule has 0 aliphatic carbocycles. The molecule has 0 fully saturated rings. The zero-order valence-corrected chi connectivity index (χ0v) is 34.9. The van der Waals surface area contributed by atoms with Gasteiger partial charge in [0, 0.05) is 24.8 Å². The Hall–Kier alpha value is -5.32. The van der Waals surface area contributed by atoms with Gasteiger partial charge in [-0.3, -0.25) is 9.59 Å². The lowest BCUT2D eigenvalue weighted by molar-refractivity contribution is -0.124. The van der Waals surface area contributed by atoms with Crippen LogP contribution in [0.15, 0.2) is 140 Å². The number of rotatable bonds is 24. The molecule has 0 unspecified atom stereocenters. The highest BCUT2D eigenvalue weighted by Crippen LogP contribution is 2.40. The van der Waals surface area contributed by atoms with Crippen molar-refractivity contribution in [2.24, 2.45) is 0 Å². The summed E-state index contributed by atoms with van der Waals surface area (Å²) in [5, 5.41) is 28.9. The Morgan fingerprint density at radius 3 is 2.00 bits per heavy atom. The second-order valence-corrected chi connectivity index (χ2v) is 15.7. The lowest BCUT2D eigenvalue weighted by atomic mass is 9.77. The summed E-state index contributed by atoms with van der Waals surface area (Å²) in [4.78, 5) is 27.2. The molecule has 0 saturated heterocycles. The van der Waals surface area contributed by atoms with Crippen LogP contribution in [0.3, 0.4) is 0 Å². The van der Waals surface area contributed by atoms with Crippen molar-refractivity contribution in [3.05, 3.63) is 162 Å². The number of carbonyl (C=O) groups is 2. The molecule has 3 atom stereocenters. The highest BCUT2D eigenvalue weighted by molar-refractivity contribution is 8.00. The Morgan fingerprint density at radius 1 is 0.828 bits per heavy atom. The molecule has 9 nitrogen and oxygen atoms in total. The van der Waals surface area contributed by atoms with Crippen LogP contribution in [-0.2, 0) is 15.1 Å². The Balaban J connectivity index is 1.43. The topological polar surface area (TPSA) is 113 Å². The number of nitrogens with zero attached hydrogens (tertiary/aromatic N) is 5. The molecular formula is C48H58N6O3S. The van der Waals surface area contributed by atoms with Gasteiger partial charge in [0.15, 0.2) is 5.54 Å². The first-order valence-electron chi connectivity index (χ1n) is 20.6. The number of hydrogen-bond donors (Lipinski definition) is 2. The lowest BCUT2D eigenvalue weighted by Crippen LogP contribution is -2.48. The first kappa shape index (κ1) is 43.8. The summed E-state index contributed by atoms with van der Waals surface area (Å²) in [6.45, 7) is 5.99. The maximum atomic E-state index is 12.1. The molecule has 0 bridgehead atoms. The van der Waals surface area contributed by atoms with E-state index in [0.717, 1.165) is 35.9 Å². The lowest BCUT2D eigenvalue weighted by Gasteiger charge is -2.34. The van der Waals surface area contributed by atoms with Crippen molar-refractivity contribution in [1.82, 2.24) is 30.4 Å². The van der Waals surface area contributed by atoms with Crippen molar-refractivity contribution in [2.75, 3.05) is 12.3 Å². The molecule has 2 amide bonds. The van der Waals surface area contributed by atoms with Gasteiger partial charge in [0.25, 0.3) is 0 Å². The van der Waals surface area contributed by atoms with Gasteiger partial charge >= 0.3 is 0 Å². The van der Waals surface area contributed by atoms with Crippen molar-refractivity contribution < 1.29 is 14.7 Å². The van der Waals surface area contributed by atoms with Gasteiger partial charge in [0.05, 0.1) is 11.4 Å². The number of allylic oxidation sites excluding steroid dienone is 3. The largest absolute Gasteiger partial charge is 0.387 e. The zero-order valence-electron chi connectivity index (χ0n) is 34.1. The first-order valence-corrected chi connectivity index (χ1v) is 21.7. The maximum absolute atomic E-state index is 12.1. The van der Waals surface area contributed by atoms with Crippen LogP contribution in [0, 0.1) is 0 Å². The summed E-state index contributed by atoms with van der Waals surface area (Å²) in [6.07, 6.45) is 17.4. The van der Waals surface area contributed by atoms with Crippen LogP contribution < -0.4 is 5.32 Å². The standard InChI is InChI=1S/C48H58N6O3S/c1-4-6-7-8-9-10-11-12-13-14-24-34-44(58-36-45(49-38(3)56)53(5-2)37-55)46(57)39-26-25-27-40(35-39)47-50-52-54(51-47)48(41-28-18-15-19-29-41,42-30-20-16-21-31-42)43-32-22-17-23-33-43/h13-35,37,44-46,57H,4-12,36H2,1-3H3,(H,49,56)/b14-13-,34-24+/t44-,45-,46+/m1/s1. The molecule has 0 aliphatic rings. The minimum absolute atomic E-state index is 0.226. The molecule has 2 N–H and O–H groups in total. The van der Waals surface area contributed by atoms with Gasteiger partial charge in [0.2, 0.25) is 18.1 Å². The van der Waals surface area contributed by atoms with E-state index in [0.29, 0.717) is 29.2 Å². The molecule has 4 aromatic carbocycles. The predicted molar refractivity (Wildman–Crippen MR) is 236 cm³/mol. The molecule has 1 heterocycles. The van der Waals surface area contributed by atoms with Crippen molar-refractivity contribution in [1.29, 1.82) is 0 Å². The van der Waals surface area contributed by atoms with Crippen molar-refractivity contribution in [2.45, 2.75) is 95.2 Å². The molecule has 0 saturated carbocycles. The summed E-state index contributed by atoms with van der Waals surface area (Å²) < 4.78 is 0. The smallest absolute Gasteiger partial charge is 0.218 e. The first-order chi connectivity index (χ1) is 28.4. The average molecular weight is 799 g/mol. The van der Waals surface area contributed by atoms with Crippen LogP contribution in [0.25, 0.3) is 11.4 Å². The number of benzene rings is 4. The van der Waals surface area contributed by atoms with Crippen LogP contribution in [0.1, 0.15) is 100 Å². The summed E-state index contributed by atoms with van der Waals surface area (Å²) in [5.74, 6) is 0.580. The third-order valence-electron chi connectivity index (χ3n) is 10.3. The van der Waals surface area contributed by atoms with Crippen LogP contribution >= 0.6 is 11.8 Å². The van der Waals surface area contributed by atoms with E-state index in [4.69, 9.17) is 10.3 Å². The molecule has 0 spiro atoms. The van der Waals surface area contributed by atoms with E-state index in [1.54, 1.807) is 9.70 Å². The van der Waals surface area contributed by atoms with Crippen molar-refractivity contribution in [3.63, 3.8) is 0 Å². The molecule has 1 aromatic heterocycles. The molecule has 0 radical (unpaired) electrons. The normalized spacial score (nSPS) is 13.4. The van der Waals surface area contributed by atoms with Gasteiger partial charge < -0.3 is 15.3 Å². The van der Waals surface area contributed by atoms with Crippen molar-refractivity contribution in [3.8, 4) is 11.4 Å². The van der Waals surface area contributed by atoms with Gasteiger partial charge in [-0.25, -0.2) is 0 Å². The Bertz CT molecular complexity index is 1920. The fourth-order valence-electron chi connectivity index (χ4n) is 7.25. The number of thioether (sulfide) groups is 1. The number of aliphatic hydroxyl groups is 1. The predicted octanol–water partition coefficient (Wildman–Crippen LogP) is 9.51. The van der Waals surface area contributed by atoms with E-state index < -0.39 is 23.1 Å². The molecule has 304 valence electrons. The third kappa shape index (κ3) is 11.6. The van der Waals surface area contributed by atoms with Crippen molar-refractivity contribution >= 4 is 24.1 Å². The van der Waals surface area contributed by atoms with Gasteiger partial charge in [-0.1, -0.05) is 179 Å². The maximum Gasteiger partial charge on any atom is 0.218 e. The molecule has 5 rings (SSSR count). The molecule has 0 aliphatic heterocycles. The van der Waals surface area contributed by atoms with Crippen LogP contribution in [0.2, 0.25) is 0 Å². The SMILES string of the molecule is CCCCCCCCC/C=C\C=C\[C@@H](SC[C@H](NC(C)=O)N(C=O)CC)[C@@H](O)c1cccc(-c2nnn(C(c3ccccc3)(c3ccccc3)c3ccccc3)n2)c1. The van der Waals surface area contributed by atoms with E-state index >= 15 is 0 Å². The van der Waals surface area contributed by atoms with Gasteiger partial charge in [-0.2, -0.15) is 0 Å². The Morgan fingerprint density at radius 2 is 1.43 bits per heavy atom. The highest BCUT2D eigenvalue weighted by atomic mass is 32.2. The van der Waals surface area contributed by atoms with Gasteiger partial charge in [-0.05, 0) is 53.3 Å². The van der Waals surface area contributed by atoms with E-state index in [1.807, 2.05) is 104 Å². The zero-order chi connectivity index (χ0) is 41.0. The summed E-state index contributed by atoms with van der Waals surface area (Å²) in [7, 11) is 0. The summed E-state index contributed by atoms with van der Waals surface area (Å²) >= 11 is 1.48. The monoisotopic (exact) mass is 798 g/mol. The van der Waals surface area contributed by atoms with E-state index in [-0.39, 0.29) is 5.91 Å². The number of tetrazole rings is 1. The fraction of sp³-hybridized carbons (Fsp3) is 0.354. The molecule has 10 heteroatoms. The second-order valence-electron chi connectivity index (χ2n) is 14.5. The van der Waals surface area contributed by atoms with Crippen LogP contribution in [0.5, 0.6) is 0 Å². The van der Waals surface area contributed by atoms with E-state index in [1.165, 1.54) is 57.2 Å². The molecule has 58 heavy (non-hydrogen) atoms. The number of unbranched alkanes of at least 4 members (excludes halogenated alkanes) is 7. The van der Waals surface area contributed by atoms with E-state index in [9.17, 15) is 14.7 Å². The Labute approximate surface area is 348 Å². The number of nitrogens with one attached hydrogen (secondary N) is 1. The van der Waals surface area contributed by atoms with E-state index in [2.05, 4.69) is 59.8 Å². The number of hydrogen-bond acceptors (Lipinski definition) is 7. The third-order valence-corrected chi connectivity index (χ3v) is 11.6. The number of carbonyl (C=O) groups excluding carboxylic acids is 2. The molecule has 5 aromatic rings. The number of aliphatic hydroxyl groups excluding tert-OH is 1. The quantitative estimate of drug-likeness (QED) is 0.0210. The number of amides is 2. The minimum atomic E-state index is -0.922. The molecular weight excluding hydrogens is 741 g/mol. The van der Waals surface area contributed by atoms with Crippen LogP contribution in [0.4, 0.5) is 0 Å². The van der Waals surface area contributed by atoms with Crippen LogP contribution in [-0.4, -0.2) is 66.2 Å². The summed E-state index contributed by atoms with van der Waals surface area (Å²) in [5.41, 5.74) is 3.43. The average Bonchev–Trinajstić information content (AvgIpc) is 3.76. The Kier molecular flexibility index (Phi) is 17.5. The summed E-state index contributed by atoms with van der Waals surface area (Å²) in [6, 6.07) is 38.2. The minimum Gasteiger partial charge on any atom is -0.387 e. The second kappa shape index (κ2) is 23.2. The number of aromatic nitrogens is 4. The fourth-order valence-corrected chi connectivity index (χ4v) is 8.47. The highest BCUT2D eigenvalue weighted by Gasteiger charge is 2.41. The van der Waals surface area contributed by atoms with Gasteiger partial charge in [-0.15, -0.1) is 26.8 Å².